The minimum absolute atomic E-state index is 0.248. The number of hydrogen-bond donors (Lipinski definition) is 0. The van der Waals surface area contributed by atoms with E-state index < -0.39 is 39.6 Å². The van der Waals surface area contributed by atoms with Crippen LogP contribution in [0.15, 0.2) is 0 Å². The van der Waals surface area contributed by atoms with Gasteiger partial charge in [0.05, 0.1) is 21.7 Å². The second kappa shape index (κ2) is 40.6. The van der Waals surface area contributed by atoms with Gasteiger partial charge in [-0.1, -0.05) is 117 Å². The van der Waals surface area contributed by atoms with Gasteiger partial charge in [0.25, 0.3) is 0 Å². The van der Waals surface area contributed by atoms with Gasteiger partial charge in [-0.05, 0) is 258 Å². The Balaban J connectivity index is 0.000000609. The molecule has 0 heterocycles. The first-order valence-electron chi connectivity index (χ1n) is 37.8. The van der Waals surface area contributed by atoms with E-state index in [1.807, 2.05) is 152 Å². The average Bonchev–Trinajstić information content (AvgIpc) is 1.54. The fourth-order valence-electron chi connectivity index (χ4n) is 15.4. The highest BCUT2D eigenvalue weighted by molar-refractivity contribution is 5.82. The maximum Gasteiger partial charge on any atom is 0.344 e. The molecule has 16 nitrogen and oxygen atoms in total. The van der Waals surface area contributed by atoms with E-state index in [2.05, 4.69) is 13.8 Å². The van der Waals surface area contributed by atoms with E-state index in [4.69, 9.17) is 37.9 Å². The Hall–Kier alpha value is -4.24. The summed E-state index contributed by atoms with van der Waals surface area (Å²) < 4.78 is 43.4. The zero-order valence-corrected chi connectivity index (χ0v) is 64.4. The Kier molecular flexibility index (Phi) is 37.9. The van der Waals surface area contributed by atoms with Gasteiger partial charge in [0.1, 0.15) is 22.4 Å². The van der Waals surface area contributed by atoms with E-state index in [0.717, 1.165) is 119 Å². The molecule has 10 unspecified atom stereocenters. The molecule has 0 aliphatic heterocycles. The lowest BCUT2D eigenvalue weighted by Crippen LogP contribution is -2.48. The standard InChI is InChI=1S/C22H34O4.C17H28O4.C16H28O4.C15H26O4.4C2H6/c1-5-21(3,4)20(24)25-12-17(23)26-22(6-2)11-15-10-16(22)19-14-8-7-13(9-14)18(15)19;1-5-16(3,4)15(19)20-11-14(18)21-17(6-2)10-12-7-8-13(17)9-12;1-5-15(3,4)14(18)19-12-13(17)20-16(6-2)10-8-7-9-11-16;1-5-14(2,3)13(17)18-11-12(16)19-15(4)9-7-6-8-10-15;4*1-2/h13-16,18-19H,5-12H2,1-4H3;12-13H,5-11H2,1-4H3;5-12H2,1-4H3;5-11H2,1-4H3;4*1-2H3. The molecule has 0 spiro atoms. The van der Waals surface area contributed by atoms with Gasteiger partial charge in [0.2, 0.25) is 0 Å². The highest BCUT2D eigenvalue weighted by Crippen LogP contribution is 2.71. The molecule has 0 saturated heterocycles. The maximum atomic E-state index is 12.5. The first kappa shape index (κ1) is 87.8. The van der Waals surface area contributed by atoms with Crippen molar-refractivity contribution in [3.63, 3.8) is 0 Å². The second-order valence-electron chi connectivity index (χ2n) is 30.0. The van der Waals surface area contributed by atoms with Gasteiger partial charge < -0.3 is 37.9 Å². The van der Waals surface area contributed by atoms with Crippen LogP contribution in [0.3, 0.4) is 0 Å². The van der Waals surface area contributed by atoms with Crippen LogP contribution >= 0.6 is 0 Å². The van der Waals surface area contributed by atoms with Crippen molar-refractivity contribution >= 4 is 47.8 Å². The topological polar surface area (TPSA) is 210 Å². The number of rotatable bonds is 23. The molecule has 94 heavy (non-hydrogen) atoms. The van der Waals surface area contributed by atoms with Crippen LogP contribution in [0.2, 0.25) is 0 Å². The van der Waals surface area contributed by atoms with Crippen molar-refractivity contribution in [2.45, 2.75) is 356 Å². The molecule has 8 aliphatic rings. The summed E-state index contributed by atoms with van der Waals surface area (Å²) in [7, 11) is 0. The molecule has 0 N–H and O–H groups in total. The Morgan fingerprint density at radius 3 is 1.09 bits per heavy atom. The number of ether oxygens (including phenoxy) is 8. The number of esters is 8. The van der Waals surface area contributed by atoms with Crippen molar-refractivity contribution < 1.29 is 76.3 Å². The monoisotopic (exact) mass is 1330 g/mol. The molecular weight excluding hydrogens is 1190 g/mol. The molecule has 6 bridgehead atoms. The van der Waals surface area contributed by atoms with Gasteiger partial charge in [0, 0.05) is 5.92 Å². The van der Waals surface area contributed by atoms with Crippen molar-refractivity contribution in [1.29, 1.82) is 0 Å². The molecule has 0 aromatic heterocycles. The van der Waals surface area contributed by atoms with Gasteiger partial charge in [-0.2, -0.15) is 0 Å². The van der Waals surface area contributed by atoms with Crippen molar-refractivity contribution in [3.05, 3.63) is 0 Å². The van der Waals surface area contributed by atoms with Gasteiger partial charge >= 0.3 is 47.8 Å². The summed E-state index contributed by atoms with van der Waals surface area (Å²) in [6, 6.07) is 0. The summed E-state index contributed by atoms with van der Waals surface area (Å²) in [5.74, 6) is 3.03. The van der Waals surface area contributed by atoms with Crippen molar-refractivity contribution in [2.75, 3.05) is 26.4 Å². The Bertz CT molecular complexity index is 2310. The third-order valence-electron chi connectivity index (χ3n) is 22.7. The van der Waals surface area contributed by atoms with Crippen LogP contribution < -0.4 is 0 Å². The van der Waals surface area contributed by atoms with Crippen molar-refractivity contribution in [1.82, 2.24) is 0 Å². The summed E-state index contributed by atoms with van der Waals surface area (Å²) in [4.78, 5) is 95.8. The van der Waals surface area contributed by atoms with E-state index in [1.54, 1.807) is 0 Å². The predicted molar refractivity (Wildman–Crippen MR) is 373 cm³/mol. The maximum absolute atomic E-state index is 12.5. The molecule has 548 valence electrons. The van der Waals surface area contributed by atoms with Gasteiger partial charge in [-0.3, -0.25) is 19.2 Å². The quantitative estimate of drug-likeness (QED) is 0.0529. The van der Waals surface area contributed by atoms with Crippen LogP contribution in [-0.4, -0.2) is 96.6 Å². The van der Waals surface area contributed by atoms with Crippen LogP contribution in [0.1, 0.15) is 333 Å². The Morgan fingerprint density at radius 1 is 0.372 bits per heavy atom. The van der Waals surface area contributed by atoms with Crippen molar-refractivity contribution in [3.8, 4) is 0 Å². The lowest BCUT2D eigenvalue weighted by molar-refractivity contribution is -0.182. The molecule has 0 amide bonds. The largest absolute Gasteiger partial charge is 0.457 e. The van der Waals surface area contributed by atoms with Gasteiger partial charge in [-0.25, -0.2) is 19.2 Å². The van der Waals surface area contributed by atoms with Crippen molar-refractivity contribution in [2.24, 2.45) is 69.0 Å². The predicted octanol–water partition coefficient (Wildman–Crippen LogP) is 18.8. The normalized spacial score (nSPS) is 26.8. The Morgan fingerprint density at radius 2 is 0.734 bits per heavy atom. The zero-order valence-electron chi connectivity index (χ0n) is 64.4. The first-order valence-corrected chi connectivity index (χ1v) is 37.8. The molecule has 0 aromatic carbocycles. The number of fused-ring (bicyclic) bond motifs is 11. The summed E-state index contributed by atoms with van der Waals surface area (Å²) in [6.07, 6.45) is 26.8. The number of hydrogen-bond acceptors (Lipinski definition) is 16. The fourth-order valence-corrected chi connectivity index (χ4v) is 15.4. The summed E-state index contributed by atoms with van der Waals surface area (Å²) in [5, 5.41) is 0. The molecule has 8 rings (SSSR count). The number of carbonyl (C=O) groups excluding carboxylic acids is 8. The third kappa shape index (κ3) is 24.3. The molecule has 10 atom stereocenters. The van der Waals surface area contributed by atoms with Crippen LogP contribution in [0, 0.1) is 69.0 Å². The summed E-state index contributed by atoms with van der Waals surface area (Å²) in [5.41, 5.74) is -3.50. The summed E-state index contributed by atoms with van der Waals surface area (Å²) >= 11 is 0. The van der Waals surface area contributed by atoms with E-state index in [-0.39, 0.29) is 78.7 Å². The minimum atomic E-state index is -0.550. The summed E-state index contributed by atoms with van der Waals surface area (Å²) in [6.45, 7) is 45.5. The smallest absolute Gasteiger partial charge is 0.344 e. The van der Waals surface area contributed by atoms with Gasteiger partial charge in [0.15, 0.2) is 26.4 Å². The van der Waals surface area contributed by atoms with E-state index >= 15 is 0 Å². The van der Waals surface area contributed by atoms with E-state index in [9.17, 15) is 38.4 Å². The number of carbonyl (C=O) groups is 8. The molecule has 8 fully saturated rings. The lowest BCUT2D eigenvalue weighted by atomic mass is 9.65. The SMILES string of the molecule is CC.CC.CC.CC.CCC(C)(C)C(=O)OCC(=O)OC1(C)CCCCC1.CCC(C)(C)C(=O)OCC(=O)OC1(CC)CC2CC1C1C3CCC(C3)C21.CCC(C)(C)C(=O)OCC(=O)OC1(CC)CC2CCC1C2.CCC1(OC(=O)COC(=O)C(C)(C)CC)CCCCC1. The van der Waals surface area contributed by atoms with Crippen LogP contribution in [-0.2, 0) is 76.3 Å². The lowest BCUT2D eigenvalue weighted by Gasteiger charge is -2.45. The molecule has 0 radical (unpaired) electrons. The highest BCUT2D eigenvalue weighted by atomic mass is 16.6. The van der Waals surface area contributed by atoms with Crippen LogP contribution in [0.5, 0.6) is 0 Å². The zero-order chi connectivity index (χ0) is 72.1. The van der Waals surface area contributed by atoms with Gasteiger partial charge in [-0.15, -0.1) is 0 Å². The molecular formula is C78H140O16. The van der Waals surface area contributed by atoms with E-state index in [1.165, 1.54) is 51.4 Å². The second-order valence-corrected chi connectivity index (χ2v) is 30.0. The molecule has 0 aromatic rings. The molecule has 8 saturated carbocycles. The molecule has 8 aliphatic carbocycles. The van der Waals surface area contributed by atoms with Crippen LogP contribution in [0.25, 0.3) is 0 Å². The minimum Gasteiger partial charge on any atom is -0.457 e. The van der Waals surface area contributed by atoms with Crippen LogP contribution in [0.4, 0.5) is 0 Å². The average molecular weight is 1330 g/mol. The van der Waals surface area contributed by atoms with E-state index in [0.29, 0.717) is 43.4 Å². The third-order valence-corrected chi connectivity index (χ3v) is 22.7. The first-order chi connectivity index (χ1) is 44.3. The highest BCUT2D eigenvalue weighted by Gasteiger charge is 2.68. The molecule has 16 heteroatoms. The Labute approximate surface area is 572 Å². The fraction of sp³-hybridized carbons (Fsp3) is 0.897.